The number of rotatable bonds is 6. The molecule has 2 atom stereocenters. The van der Waals surface area contributed by atoms with E-state index in [1.165, 1.54) is 6.42 Å². The Morgan fingerprint density at radius 1 is 0.879 bits per heavy atom. The van der Waals surface area contributed by atoms with E-state index in [1.807, 2.05) is 12.1 Å². The molecular weight excluding hydrogens is 416 g/mol. The van der Waals surface area contributed by atoms with E-state index in [4.69, 9.17) is 4.74 Å². The van der Waals surface area contributed by atoms with Crippen LogP contribution in [0.2, 0.25) is 0 Å². The van der Waals surface area contributed by atoms with Crippen molar-refractivity contribution in [3.63, 3.8) is 0 Å². The molecule has 2 unspecified atom stereocenters. The first-order chi connectivity index (χ1) is 15.6. The maximum atomic E-state index is 12.5. The molecule has 3 rings (SSSR count). The number of anilines is 2. The monoisotopic (exact) mass is 452 g/mol. The van der Waals surface area contributed by atoms with Gasteiger partial charge in [-0.2, -0.15) is 0 Å². The van der Waals surface area contributed by atoms with Gasteiger partial charge in [-0.3, -0.25) is 0 Å². The number of amides is 4. The van der Waals surface area contributed by atoms with Crippen molar-refractivity contribution in [2.24, 2.45) is 16.7 Å². The maximum absolute atomic E-state index is 12.5. The molecule has 0 heterocycles. The Morgan fingerprint density at radius 2 is 1.39 bits per heavy atom. The molecule has 0 spiro atoms. The van der Waals surface area contributed by atoms with Gasteiger partial charge in [-0.05, 0) is 84.5 Å². The van der Waals surface area contributed by atoms with Gasteiger partial charge in [-0.1, -0.05) is 27.7 Å². The summed E-state index contributed by atoms with van der Waals surface area (Å²) in [5.41, 5.74) is 1.79. The Hall–Kier alpha value is -3.22. The molecule has 0 radical (unpaired) electrons. The first-order valence-corrected chi connectivity index (χ1v) is 11.5. The highest BCUT2D eigenvalue weighted by molar-refractivity contribution is 5.89. The molecule has 178 valence electrons. The van der Waals surface area contributed by atoms with Crippen molar-refractivity contribution in [2.45, 2.75) is 47.0 Å². The van der Waals surface area contributed by atoms with Gasteiger partial charge in [0, 0.05) is 25.0 Å². The third-order valence-corrected chi connectivity index (χ3v) is 6.01. The maximum Gasteiger partial charge on any atom is 0.319 e. The van der Waals surface area contributed by atoms with Crippen LogP contribution in [0.5, 0.6) is 11.5 Å². The fraction of sp³-hybridized carbons (Fsp3) is 0.462. The fourth-order valence-corrected chi connectivity index (χ4v) is 5.30. The minimum absolute atomic E-state index is 0.113. The fourth-order valence-electron chi connectivity index (χ4n) is 5.30. The molecule has 0 bridgehead atoms. The topological polar surface area (TPSA) is 91.5 Å². The normalized spacial score (nSPS) is 21.5. The second-order valence-electron chi connectivity index (χ2n) is 10.3. The summed E-state index contributed by atoms with van der Waals surface area (Å²) < 4.78 is 5.84. The van der Waals surface area contributed by atoms with Crippen LogP contribution in [0.25, 0.3) is 0 Å². The van der Waals surface area contributed by atoms with Crippen molar-refractivity contribution in [3.8, 4) is 11.5 Å². The summed E-state index contributed by atoms with van der Waals surface area (Å²) in [6, 6.07) is 13.8. The minimum Gasteiger partial charge on any atom is -0.457 e. The highest BCUT2D eigenvalue weighted by Gasteiger charge is 2.39. The zero-order chi connectivity index (χ0) is 24.1. The Kier molecular flexibility index (Phi) is 7.51. The molecule has 0 aromatic heterocycles. The van der Waals surface area contributed by atoms with Gasteiger partial charge in [0.05, 0.1) is 0 Å². The Morgan fingerprint density at radius 3 is 1.88 bits per heavy atom. The summed E-state index contributed by atoms with van der Waals surface area (Å²) in [5.74, 6) is 1.96. The number of carbonyl (C=O) groups is 2. The van der Waals surface area contributed by atoms with Crippen LogP contribution in [0.1, 0.15) is 47.0 Å². The van der Waals surface area contributed by atoms with Crippen molar-refractivity contribution < 1.29 is 14.3 Å². The quantitative estimate of drug-likeness (QED) is 0.420. The number of carbonyl (C=O) groups excluding carboxylic acids is 2. The number of benzene rings is 2. The standard InChI is InChI=1S/C26H36N4O3/c1-18-14-25(2,3)16-26(4,15-18)17-28-24(32)30-20-8-12-22(13-9-20)33-21-10-6-19(7-11-21)29-23(31)27-5/h6-13,18H,14-17H2,1-5H3,(H2,27,29,31)(H2,28,30,32). The van der Waals surface area contributed by atoms with Crippen LogP contribution in [-0.2, 0) is 0 Å². The molecule has 7 heteroatoms. The highest BCUT2D eigenvalue weighted by atomic mass is 16.5. The lowest BCUT2D eigenvalue weighted by Gasteiger charge is -2.46. The second kappa shape index (κ2) is 10.1. The number of ether oxygens (including phenoxy) is 1. The van der Waals surface area contributed by atoms with E-state index in [2.05, 4.69) is 49.0 Å². The van der Waals surface area contributed by atoms with Gasteiger partial charge < -0.3 is 26.0 Å². The average Bonchev–Trinajstić information content (AvgIpc) is 2.73. The smallest absolute Gasteiger partial charge is 0.319 e. The van der Waals surface area contributed by atoms with Gasteiger partial charge in [-0.15, -0.1) is 0 Å². The molecule has 4 amide bonds. The van der Waals surface area contributed by atoms with Crippen molar-refractivity contribution in [1.29, 1.82) is 0 Å². The van der Waals surface area contributed by atoms with E-state index in [0.717, 1.165) is 12.8 Å². The molecular formula is C26H36N4O3. The van der Waals surface area contributed by atoms with E-state index in [9.17, 15) is 9.59 Å². The molecule has 7 nitrogen and oxygen atoms in total. The molecule has 33 heavy (non-hydrogen) atoms. The van der Waals surface area contributed by atoms with Crippen LogP contribution in [0.4, 0.5) is 21.0 Å². The van der Waals surface area contributed by atoms with Gasteiger partial charge in [0.25, 0.3) is 0 Å². The van der Waals surface area contributed by atoms with Crippen LogP contribution in [-0.4, -0.2) is 25.7 Å². The number of urea groups is 2. The van der Waals surface area contributed by atoms with Gasteiger partial charge in [0.1, 0.15) is 11.5 Å². The average molecular weight is 453 g/mol. The number of nitrogens with one attached hydrogen (secondary N) is 4. The van der Waals surface area contributed by atoms with E-state index in [0.29, 0.717) is 40.8 Å². The van der Waals surface area contributed by atoms with E-state index < -0.39 is 0 Å². The molecule has 0 aliphatic heterocycles. The summed E-state index contributed by atoms with van der Waals surface area (Å²) in [4.78, 5) is 23.8. The second-order valence-corrected chi connectivity index (χ2v) is 10.3. The predicted molar refractivity (Wildman–Crippen MR) is 133 cm³/mol. The summed E-state index contributed by atoms with van der Waals surface area (Å²) in [5, 5.41) is 11.2. The Bertz CT molecular complexity index is 957. The van der Waals surface area contributed by atoms with Crippen LogP contribution >= 0.6 is 0 Å². The van der Waals surface area contributed by atoms with Crippen molar-refractivity contribution in [3.05, 3.63) is 48.5 Å². The lowest BCUT2D eigenvalue weighted by Crippen LogP contribution is -2.44. The minimum atomic E-state index is -0.276. The first-order valence-electron chi connectivity index (χ1n) is 11.5. The zero-order valence-corrected chi connectivity index (χ0v) is 20.2. The predicted octanol–water partition coefficient (Wildman–Crippen LogP) is 6.20. The third-order valence-electron chi connectivity index (χ3n) is 6.01. The van der Waals surface area contributed by atoms with Crippen LogP contribution in [0.15, 0.2) is 48.5 Å². The molecule has 1 saturated carbocycles. The highest BCUT2D eigenvalue weighted by Crippen LogP contribution is 2.48. The lowest BCUT2D eigenvalue weighted by atomic mass is 9.61. The van der Waals surface area contributed by atoms with Gasteiger partial charge in [0.2, 0.25) is 0 Å². The van der Waals surface area contributed by atoms with Gasteiger partial charge >= 0.3 is 12.1 Å². The molecule has 1 fully saturated rings. The number of hydrogen-bond donors (Lipinski definition) is 4. The Balaban J connectivity index is 1.49. The van der Waals surface area contributed by atoms with Crippen LogP contribution in [0.3, 0.4) is 0 Å². The molecule has 2 aromatic rings. The molecule has 1 aliphatic carbocycles. The lowest BCUT2D eigenvalue weighted by molar-refractivity contribution is 0.0629. The number of hydrogen-bond acceptors (Lipinski definition) is 3. The molecule has 0 saturated heterocycles. The molecule has 4 N–H and O–H groups in total. The summed E-state index contributed by atoms with van der Waals surface area (Å²) in [6.07, 6.45) is 3.48. The van der Waals surface area contributed by atoms with E-state index >= 15 is 0 Å². The van der Waals surface area contributed by atoms with Crippen molar-refractivity contribution >= 4 is 23.4 Å². The van der Waals surface area contributed by atoms with E-state index in [-0.39, 0.29) is 17.5 Å². The van der Waals surface area contributed by atoms with Crippen LogP contribution in [0, 0.1) is 16.7 Å². The van der Waals surface area contributed by atoms with Crippen LogP contribution < -0.4 is 26.0 Å². The molecule has 2 aromatic carbocycles. The van der Waals surface area contributed by atoms with E-state index in [1.54, 1.807) is 43.4 Å². The third kappa shape index (κ3) is 7.41. The van der Waals surface area contributed by atoms with Crippen molar-refractivity contribution in [1.82, 2.24) is 10.6 Å². The Labute approximate surface area is 196 Å². The SMILES string of the molecule is CNC(=O)Nc1ccc(Oc2ccc(NC(=O)NCC3(C)CC(C)CC(C)(C)C3)cc2)cc1. The molecule has 1 aliphatic rings. The summed E-state index contributed by atoms with van der Waals surface area (Å²) in [6.45, 7) is 9.89. The summed E-state index contributed by atoms with van der Waals surface area (Å²) in [7, 11) is 1.56. The van der Waals surface area contributed by atoms with Gasteiger partial charge in [-0.25, -0.2) is 9.59 Å². The van der Waals surface area contributed by atoms with Gasteiger partial charge in [0.15, 0.2) is 0 Å². The van der Waals surface area contributed by atoms with Crippen molar-refractivity contribution in [2.75, 3.05) is 24.2 Å². The first kappa shape index (κ1) is 24.4. The zero-order valence-electron chi connectivity index (χ0n) is 20.2. The summed E-state index contributed by atoms with van der Waals surface area (Å²) >= 11 is 0. The largest absolute Gasteiger partial charge is 0.457 e.